The summed E-state index contributed by atoms with van der Waals surface area (Å²) in [5.74, 6) is 0.0822. The lowest BCUT2D eigenvalue weighted by Crippen LogP contribution is -2.15. The van der Waals surface area contributed by atoms with Crippen molar-refractivity contribution in [2.45, 2.75) is 19.4 Å². The molecule has 144 valence electrons. The van der Waals surface area contributed by atoms with Crippen LogP contribution in [-0.2, 0) is 4.79 Å². The van der Waals surface area contributed by atoms with Gasteiger partial charge in [-0.1, -0.05) is 30.3 Å². The third-order valence-electron chi connectivity index (χ3n) is 4.26. The molecule has 0 aromatic heterocycles. The van der Waals surface area contributed by atoms with Crippen LogP contribution in [0.4, 0.5) is 15.8 Å². The molecule has 1 atom stereocenters. The molecule has 0 bridgehead atoms. The highest BCUT2D eigenvalue weighted by atomic mass is 19.1. The fourth-order valence-corrected chi connectivity index (χ4v) is 2.74. The zero-order chi connectivity index (χ0) is 19.8. The topological polar surface area (TPSA) is 50.4 Å². The van der Waals surface area contributed by atoms with E-state index in [1.165, 1.54) is 29.8 Å². The molecule has 0 aliphatic heterocycles. The summed E-state index contributed by atoms with van der Waals surface area (Å²) in [4.78, 5) is 12.0. The van der Waals surface area contributed by atoms with E-state index in [2.05, 4.69) is 29.7 Å². The van der Waals surface area contributed by atoms with Gasteiger partial charge in [0.2, 0.25) is 5.91 Å². The van der Waals surface area contributed by atoms with Gasteiger partial charge in [-0.2, -0.15) is 0 Å². The van der Waals surface area contributed by atoms with Crippen LogP contribution in [0.3, 0.4) is 0 Å². The summed E-state index contributed by atoms with van der Waals surface area (Å²) >= 11 is 0. The second-order valence-corrected chi connectivity index (χ2v) is 6.45. The number of hydrogen-bond acceptors (Lipinski definition) is 3. The van der Waals surface area contributed by atoms with Gasteiger partial charge in [-0.05, 0) is 61.0 Å². The highest BCUT2D eigenvalue weighted by Crippen LogP contribution is 2.20. The SMILES string of the molecule is CC(Nc1ccc(NC(=O)CCOc2ccc(F)cc2)cc1)c1ccccc1. The van der Waals surface area contributed by atoms with Gasteiger partial charge in [0, 0.05) is 17.4 Å². The Morgan fingerprint density at radius 1 is 0.929 bits per heavy atom. The molecule has 1 unspecified atom stereocenters. The molecule has 5 heteroatoms. The Morgan fingerprint density at radius 2 is 1.57 bits per heavy atom. The predicted molar refractivity (Wildman–Crippen MR) is 110 cm³/mol. The molecule has 2 N–H and O–H groups in total. The van der Waals surface area contributed by atoms with Crippen molar-refractivity contribution in [3.8, 4) is 5.75 Å². The maximum absolute atomic E-state index is 12.8. The summed E-state index contributed by atoms with van der Waals surface area (Å²) in [5.41, 5.74) is 2.92. The van der Waals surface area contributed by atoms with Crippen molar-refractivity contribution in [1.29, 1.82) is 0 Å². The largest absolute Gasteiger partial charge is 0.493 e. The molecule has 28 heavy (non-hydrogen) atoms. The molecule has 0 aliphatic carbocycles. The zero-order valence-electron chi connectivity index (χ0n) is 15.7. The number of ether oxygens (including phenoxy) is 1. The summed E-state index contributed by atoms with van der Waals surface area (Å²) < 4.78 is 18.3. The van der Waals surface area contributed by atoms with E-state index >= 15 is 0 Å². The highest BCUT2D eigenvalue weighted by Gasteiger charge is 2.06. The highest BCUT2D eigenvalue weighted by molar-refractivity contribution is 5.90. The van der Waals surface area contributed by atoms with E-state index < -0.39 is 0 Å². The Morgan fingerprint density at radius 3 is 2.25 bits per heavy atom. The van der Waals surface area contributed by atoms with Crippen LogP contribution in [0.1, 0.15) is 24.9 Å². The first kappa shape index (κ1) is 19.4. The van der Waals surface area contributed by atoms with Crippen molar-refractivity contribution in [2.24, 2.45) is 0 Å². The number of halogens is 1. The monoisotopic (exact) mass is 378 g/mol. The van der Waals surface area contributed by atoms with Gasteiger partial charge in [-0.3, -0.25) is 4.79 Å². The van der Waals surface area contributed by atoms with Gasteiger partial charge in [0.1, 0.15) is 11.6 Å². The van der Waals surface area contributed by atoms with Crippen molar-refractivity contribution in [2.75, 3.05) is 17.2 Å². The fourth-order valence-electron chi connectivity index (χ4n) is 2.74. The van der Waals surface area contributed by atoms with E-state index in [9.17, 15) is 9.18 Å². The minimum Gasteiger partial charge on any atom is -0.493 e. The number of nitrogens with one attached hydrogen (secondary N) is 2. The van der Waals surface area contributed by atoms with Crippen molar-refractivity contribution >= 4 is 17.3 Å². The lowest BCUT2D eigenvalue weighted by atomic mass is 10.1. The number of anilines is 2. The Labute approximate surface area is 164 Å². The van der Waals surface area contributed by atoms with Gasteiger partial charge in [0.15, 0.2) is 0 Å². The molecule has 0 fully saturated rings. The van der Waals surface area contributed by atoms with Crippen molar-refractivity contribution in [3.63, 3.8) is 0 Å². The average Bonchev–Trinajstić information content (AvgIpc) is 2.71. The molecule has 0 aliphatic rings. The van der Waals surface area contributed by atoms with Gasteiger partial charge in [0.05, 0.1) is 13.0 Å². The van der Waals surface area contributed by atoms with E-state index in [4.69, 9.17) is 4.74 Å². The van der Waals surface area contributed by atoms with Crippen molar-refractivity contribution in [3.05, 3.63) is 90.2 Å². The minimum atomic E-state index is -0.318. The summed E-state index contributed by atoms with van der Waals surface area (Å²) in [5, 5.41) is 6.28. The minimum absolute atomic E-state index is 0.138. The molecule has 0 saturated carbocycles. The Balaban J connectivity index is 1.44. The number of carbonyl (C=O) groups excluding carboxylic acids is 1. The van der Waals surface area contributed by atoms with Gasteiger partial charge >= 0.3 is 0 Å². The molecule has 3 aromatic rings. The maximum Gasteiger partial charge on any atom is 0.227 e. The molecule has 3 rings (SSSR count). The normalized spacial score (nSPS) is 11.5. The molecular weight excluding hydrogens is 355 g/mol. The van der Waals surface area contributed by atoms with Crippen LogP contribution >= 0.6 is 0 Å². The number of benzene rings is 3. The molecule has 0 saturated heterocycles. The second-order valence-electron chi connectivity index (χ2n) is 6.45. The second kappa shape index (κ2) is 9.55. The Bertz CT molecular complexity index is 881. The lowest BCUT2D eigenvalue weighted by Gasteiger charge is -2.16. The van der Waals surface area contributed by atoms with E-state index in [-0.39, 0.29) is 30.8 Å². The van der Waals surface area contributed by atoms with E-state index in [0.29, 0.717) is 5.75 Å². The number of carbonyl (C=O) groups is 1. The van der Waals surface area contributed by atoms with Crippen LogP contribution in [0.5, 0.6) is 5.75 Å². The van der Waals surface area contributed by atoms with Crippen molar-refractivity contribution in [1.82, 2.24) is 0 Å². The first-order valence-electron chi connectivity index (χ1n) is 9.20. The first-order valence-corrected chi connectivity index (χ1v) is 9.20. The zero-order valence-corrected chi connectivity index (χ0v) is 15.7. The first-order chi connectivity index (χ1) is 13.6. The van der Waals surface area contributed by atoms with E-state index in [0.717, 1.165) is 11.4 Å². The molecule has 1 amide bonds. The van der Waals surface area contributed by atoms with Crippen LogP contribution in [0, 0.1) is 5.82 Å². The lowest BCUT2D eigenvalue weighted by molar-refractivity contribution is -0.116. The molecule has 0 radical (unpaired) electrons. The summed E-state index contributed by atoms with van der Waals surface area (Å²) in [7, 11) is 0. The van der Waals surface area contributed by atoms with Crippen LogP contribution in [0.15, 0.2) is 78.9 Å². The third kappa shape index (κ3) is 5.84. The predicted octanol–water partition coefficient (Wildman–Crippen LogP) is 5.41. The smallest absolute Gasteiger partial charge is 0.227 e. The Kier molecular flexibility index (Phi) is 6.63. The third-order valence-corrected chi connectivity index (χ3v) is 4.26. The standard InChI is InChI=1S/C23H23FN2O2/c1-17(18-5-3-2-4-6-18)25-20-9-11-21(12-10-20)26-23(27)15-16-28-22-13-7-19(24)8-14-22/h2-14,17,25H,15-16H2,1H3,(H,26,27). The molecule has 0 heterocycles. The van der Waals surface area contributed by atoms with Crippen LogP contribution in [0.2, 0.25) is 0 Å². The average molecular weight is 378 g/mol. The quantitative estimate of drug-likeness (QED) is 0.551. The fraction of sp³-hybridized carbons (Fsp3) is 0.174. The number of rotatable bonds is 8. The van der Waals surface area contributed by atoms with Crippen LogP contribution in [0.25, 0.3) is 0 Å². The number of amides is 1. The van der Waals surface area contributed by atoms with Crippen LogP contribution in [-0.4, -0.2) is 12.5 Å². The van der Waals surface area contributed by atoms with Gasteiger partial charge in [0.25, 0.3) is 0 Å². The van der Waals surface area contributed by atoms with Gasteiger partial charge < -0.3 is 15.4 Å². The van der Waals surface area contributed by atoms with E-state index in [1.54, 1.807) is 0 Å². The van der Waals surface area contributed by atoms with Gasteiger partial charge in [-0.25, -0.2) is 4.39 Å². The summed E-state index contributed by atoms with van der Waals surface area (Å²) in [6.07, 6.45) is 0.211. The molecular formula is C23H23FN2O2. The van der Waals surface area contributed by atoms with E-state index in [1.807, 2.05) is 42.5 Å². The number of hydrogen-bond donors (Lipinski definition) is 2. The molecule has 3 aromatic carbocycles. The maximum atomic E-state index is 12.8. The summed E-state index contributed by atoms with van der Waals surface area (Å²) in [6, 6.07) is 23.7. The van der Waals surface area contributed by atoms with Gasteiger partial charge in [-0.15, -0.1) is 0 Å². The summed E-state index contributed by atoms with van der Waals surface area (Å²) in [6.45, 7) is 2.33. The Hall–Kier alpha value is -3.34. The van der Waals surface area contributed by atoms with Crippen LogP contribution < -0.4 is 15.4 Å². The molecule has 0 spiro atoms. The molecule has 4 nitrogen and oxygen atoms in total. The van der Waals surface area contributed by atoms with Crippen molar-refractivity contribution < 1.29 is 13.9 Å².